The molecule has 0 unspecified atom stereocenters. The second-order valence-corrected chi connectivity index (χ2v) is 5.86. The Labute approximate surface area is 130 Å². The van der Waals surface area contributed by atoms with Crippen LogP contribution in [0.4, 0.5) is 10.1 Å². The number of aromatic nitrogens is 1. The summed E-state index contributed by atoms with van der Waals surface area (Å²) >= 11 is 1.13. The standard InChI is InChI=1S/C16H13FN2O2S/c1-2-9-13-14(22-15(9)16(20)21)11(5-6-19-13)10-4-3-8(18)7-12(10)17/h3-7H,2,18H2,1H3,(H,20,21). The molecule has 0 fully saturated rings. The lowest BCUT2D eigenvalue weighted by molar-refractivity contribution is 0.0701. The molecule has 3 aromatic rings. The van der Waals surface area contributed by atoms with E-state index in [1.807, 2.05) is 6.92 Å². The first-order chi connectivity index (χ1) is 10.5. The van der Waals surface area contributed by atoms with Crippen molar-refractivity contribution in [3.8, 4) is 11.1 Å². The molecule has 0 aliphatic carbocycles. The molecule has 6 heteroatoms. The maximum Gasteiger partial charge on any atom is 0.346 e. The minimum atomic E-state index is -0.983. The van der Waals surface area contributed by atoms with Gasteiger partial charge in [0, 0.05) is 28.6 Å². The molecule has 0 amide bonds. The Bertz CT molecular complexity index is 889. The zero-order chi connectivity index (χ0) is 15.9. The van der Waals surface area contributed by atoms with E-state index < -0.39 is 11.8 Å². The van der Waals surface area contributed by atoms with Crippen LogP contribution in [0.5, 0.6) is 0 Å². The van der Waals surface area contributed by atoms with Crippen molar-refractivity contribution in [2.75, 3.05) is 5.73 Å². The molecule has 0 saturated heterocycles. The number of pyridine rings is 1. The number of carboxylic acid groups (broad SMARTS) is 1. The van der Waals surface area contributed by atoms with Crippen LogP contribution in [-0.2, 0) is 6.42 Å². The minimum Gasteiger partial charge on any atom is -0.477 e. The van der Waals surface area contributed by atoms with Gasteiger partial charge in [0.05, 0.1) is 10.2 Å². The van der Waals surface area contributed by atoms with Crippen molar-refractivity contribution < 1.29 is 14.3 Å². The largest absolute Gasteiger partial charge is 0.477 e. The quantitative estimate of drug-likeness (QED) is 0.717. The molecule has 0 radical (unpaired) electrons. The summed E-state index contributed by atoms with van der Waals surface area (Å²) in [6.07, 6.45) is 2.13. The van der Waals surface area contributed by atoms with Crippen molar-refractivity contribution in [1.29, 1.82) is 0 Å². The highest BCUT2D eigenvalue weighted by atomic mass is 32.1. The smallest absolute Gasteiger partial charge is 0.346 e. The number of anilines is 1. The van der Waals surface area contributed by atoms with Gasteiger partial charge < -0.3 is 10.8 Å². The molecular formula is C16H13FN2O2S. The van der Waals surface area contributed by atoms with Gasteiger partial charge in [-0.1, -0.05) is 6.92 Å². The summed E-state index contributed by atoms with van der Waals surface area (Å²) in [6.45, 7) is 1.88. The van der Waals surface area contributed by atoms with Crippen molar-refractivity contribution in [3.05, 3.63) is 46.7 Å². The van der Waals surface area contributed by atoms with Crippen molar-refractivity contribution in [1.82, 2.24) is 4.98 Å². The maximum atomic E-state index is 14.2. The minimum absolute atomic E-state index is 0.258. The lowest BCUT2D eigenvalue weighted by Gasteiger charge is -2.05. The summed E-state index contributed by atoms with van der Waals surface area (Å²) in [4.78, 5) is 15.9. The molecule has 0 aliphatic heterocycles. The number of nitrogens with zero attached hydrogens (tertiary/aromatic N) is 1. The number of aromatic carboxylic acids is 1. The van der Waals surface area contributed by atoms with Gasteiger partial charge in [0.15, 0.2) is 0 Å². The lowest BCUT2D eigenvalue weighted by atomic mass is 10.0. The number of halogens is 1. The van der Waals surface area contributed by atoms with Gasteiger partial charge in [-0.15, -0.1) is 11.3 Å². The van der Waals surface area contributed by atoms with E-state index in [4.69, 9.17) is 5.73 Å². The van der Waals surface area contributed by atoms with E-state index in [0.717, 1.165) is 11.3 Å². The summed E-state index contributed by atoms with van der Waals surface area (Å²) in [6, 6.07) is 6.18. The number of benzene rings is 1. The van der Waals surface area contributed by atoms with Crippen molar-refractivity contribution in [2.24, 2.45) is 0 Å². The highest BCUT2D eigenvalue weighted by Gasteiger charge is 2.20. The fourth-order valence-corrected chi connectivity index (χ4v) is 3.72. The molecule has 112 valence electrons. The molecule has 0 atom stereocenters. The number of carbonyl (C=O) groups is 1. The van der Waals surface area contributed by atoms with Gasteiger partial charge >= 0.3 is 5.97 Å². The summed E-state index contributed by atoms with van der Waals surface area (Å²) in [5.41, 5.74) is 8.26. The first-order valence-corrected chi connectivity index (χ1v) is 7.53. The molecule has 3 N–H and O–H groups in total. The highest BCUT2D eigenvalue weighted by Crippen LogP contribution is 2.38. The number of nitrogen functional groups attached to an aromatic ring is 1. The first kappa shape index (κ1) is 14.5. The van der Waals surface area contributed by atoms with Gasteiger partial charge in [-0.2, -0.15) is 0 Å². The van der Waals surface area contributed by atoms with Crippen LogP contribution < -0.4 is 5.73 Å². The van der Waals surface area contributed by atoms with Crippen LogP contribution in [0.1, 0.15) is 22.2 Å². The van der Waals surface area contributed by atoms with Gasteiger partial charge in [-0.05, 0) is 30.7 Å². The number of fused-ring (bicyclic) bond motifs is 1. The molecule has 0 bridgehead atoms. The van der Waals surface area contributed by atoms with Crippen LogP contribution in [0, 0.1) is 5.82 Å². The zero-order valence-corrected chi connectivity index (χ0v) is 12.6. The van der Waals surface area contributed by atoms with Crippen molar-refractivity contribution in [3.63, 3.8) is 0 Å². The van der Waals surface area contributed by atoms with Crippen LogP contribution in [-0.4, -0.2) is 16.1 Å². The van der Waals surface area contributed by atoms with E-state index in [0.29, 0.717) is 39.0 Å². The SMILES string of the molecule is CCc1c(C(=O)O)sc2c(-c3ccc(N)cc3F)ccnc12. The van der Waals surface area contributed by atoms with Crippen LogP contribution in [0.2, 0.25) is 0 Å². The Morgan fingerprint density at radius 3 is 2.77 bits per heavy atom. The van der Waals surface area contributed by atoms with Crippen LogP contribution in [0.15, 0.2) is 30.5 Å². The van der Waals surface area contributed by atoms with Gasteiger partial charge in [0.2, 0.25) is 0 Å². The first-order valence-electron chi connectivity index (χ1n) is 6.72. The predicted molar refractivity (Wildman–Crippen MR) is 85.8 cm³/mol. The van der Waals surface area contributed by atoms with Gasteiger partial charge in [0.1, 0.15) is 10.7 Å². The number of hydrogen-bond acceptors (Lipinski definition) is 4. The molecule has 3 rings (SSSR count). The molecule has 22 heavy (non-hydrogen) atoms. The van der Waals surface area contributed by atoms with Crippen LogP contribution in [0.3, 0.4) is 0 Å². The second-order valence-electron chi connectivity index (χ2n) is 4.84. The molecule has 0 saturated carbocycles. The summed E-state index contributed by atoms with van der Waals surface area (Å²) in [5.74, 6) is -1.42. The third-order valence-corrected chi connectivity index (χ3v) is 4.74. The van der Waals surface area contributed by atoms with E-state index in [2.05, 4.69) is 4.98 Å². The Hall–Kier alpha value is -2.47. The number of nitrogens with two attached hydrogens (primary N) is 1. The molecular weight excluding hydrogens is 303 g/mol. The topological polar surface area (TPSA) is 76.2 Å². The number of hydrogen-bond donors (Lipinski definition) is 2. The van der Waals surface area contributed by atoms with E-state index >= 15 is 0 Å². The molecule has 2 aromatic heterocycles. The summed E-state index contributed by atoms with van der Waals surface area (Å²) in [5, 5.41) is 9.34. The zero-order valence-electron chi connectivity index (χ0n) is 11.8. The second kappa shape index (κ2) is 5.38. The Kier molecular flexibility index (Phi) is 3.54. The Morgan fingerprint density at radius 1 is 1.36 bits per heavy atom. The molecule has 4 nitrogen and oxygen atoms in total. The summed E-state index contributed by atoms with van der Waals surface area (Å²) in [7, 11) is 0. The number of thiophene rings is 1. The van der Waals surface area contributed by atoms with Gasteiger partial charge in [-0.25, -0.2) is 9.18 Å². The maximum absolute atomic E-state index is 14.2. The van der Waals surface area contributed by atoms with Crippen molar-refractivity contribution in [2.45, 2.75) is 13.3 Å². The van der Waals surface area contributed by atoms with Gasteiger partial charge in [0.25, 0.3) is 0 Å². The van der Waals surface area contributed by atoms with Crippen molar-refractivity contribution >= 4 is 33.2 Å². The Morgan fingerprint density at radius 2 is 2.14 bits per heavy atom. The molecule has 2 heterocycles. The Balaban J connectivity index is 2.34. The number of aryl methyl sites for hydroxylation is 1. The third-order valence-electron chi connectivity index (χ3n) is 3.50. The lowest BCUT2D eigenvalue weighted by Crippen LogP contribution is -1.96. The average Bonchev–Trinajstić information content (AvgIpc) is 2.86. The van der Waals surface area contributed by atoms with Gasteiger partial charge in [-0.3, -0.25) is 4.98 Å². The normalized spacial score (nSPS) is 11.0. The highest BCUT2D eigenvalue weighted by molar-refractivity contribution is 7.21. The average molecular weight is 316 g/mol. The predicted octanol–water partition coefficient (Wildman–Crippen LogP) is 3.95. The fraction of sp³-hybridized carbons (Fsp3) is 0.125. The van der Waals surface area contributed by atoms with Crippen LogP contribution in [0.25, 0.3) is 21.3 Å². The molecule has 0 aliphatic rings. The molecule has 0 spiro atoms. The van der Waals surface area contributed by atoms with E-state index in [9.17, 15) is 14.3 Å². The third kappa shape index (κ3) is 2.21. The monoisotopic (exact) mass is 316 g/mol. The van der Waals surface area contributed by atoms with E-state index in [1.54, 1.807) is 24.4 Å². The fourth-order valence-electron chi connectivity index (χ4n) is 2.50. The van der Waals surface area contributed by atoms with E-state index in [1.165, 1.54) is 6.07 Å². The van der Waals surface area contributed by atoms with Crippen LogP contribution >= 0.6 is 11.3 Å². The number of rotatable bonds is 3. The van der Waals surface area contributed by atoms with E-state index in [-0.39, 0.29) is 4.88 Å². The molecule has 1 aromatic carbocycles. The summed E-state index contributed by atoms with van der Waals surface area (Å²) < 4.78 is 14.9. The number of carboxylic acids is 1.